The molecular weight excluding hydrogens is 548 g/mol. The molecule has 1 nitrogen and oxygen atoms in total. The molecule has 0 aliphatic rings. The third-order valence-corrected chi connectivity index (χ3v) is 9.32. The molecule has 0 amide bonds. The van der Waals surface area contributed by atoms with Gasteiger partial charge in [0.15, 0.2) is 0 Å². The zero-order valence-corrected chi connectivity index (χ0v) is 21.7. The maximum atomic E-state index is 9.93. The van der Waals surface area contributed by atoms with E-state index < -0.39 is 3.93 Å². The van der Waals surface area contributed by atoms with Crippen molar-refractivity contribution in [2.45, 2.75) is 64.3 Å². The van der Waals surface area contributed by atoms with Crippen LogP contribution in [-0.2, 0) is 12.8 Å². The highest BCUT2D eigenvalue weighted by molar-refractivity contribution is 9.72. The fourth-order valence-corrected chi connectivity index (χ4v) is 6.43. The molecule has 0 aliphatic heterocycles. The van der Waals surface area contributed by atoms with E-state index in [1.165, 1.54) is 60.8 Å². The highest BCUT2D eigenvalue weighted by atomic mass is 80.0. The van der Waals surface area contributed by atoms with E-state index in [0.29, 0.717) is 5.75 Å². The fourth-order valence-electron chi connectivity index (χ4n) is 3.33. The predicted octanol–water partition coefficient (Wildman–Crippen LogP) is 8.63. The van der Waals surface area contributed by atoms with Gasteiger partial charge in [-0.3, -0.25) is 0 Å². The third kappa shape index (κ3) is 8.84. The lowest BCUT2D eigenvalue weighted by molar-refractivity contribution is 0.474. The maximum absolute atomic E-state index is 9.93. The summed E-state index contributed by atoms with van der Waals surface area (Å²) in [5.74, 6) is 0.345. The lowest BCUT2D eigenvalue weighted by atomic mass is 9.95. The number of phenolic OH excluding ortho intramolecular Hbond substituents is 1. The first-order chi connectivity index (χ1) is 12.9. The number of aromatic hydroxyl groups is 1. The van der Waals surface area contributed by atoms with Crippen molar-refractivity contribution in [2.75, 3.05) is 0 Å². The highest BCUT2D eigenvalue weighted by Gasteiger charge is 2.21. The van der Waals surface area contributed by atoms with E-state index in [1.54, 1.807) is 6.07 Å². The predicted molar refractivity (Wildman–Crippen MR) is 132 cm³/mol. The summed E-state index contributed by atoms with van der Waals surface area (Å²) in [6.45, 7) is 2.26. The first kappa shape index (κ1) is 23.2. The van der Waals surface area contributed by atoms with Crippen LogP contribution in [0.4, 0.5) is 0 Å². The van der Waals surface area contributed by atoms with Gasteiger partial charge in [0.25, 0.3) is 3.93 Å². The number of hydrogen-bond acceptors (Lipinski definition) is 1. The van der Waals surface area contributed by atoms with Crippen molar-refractivity contribution in [2.24, 2.45) is 0 Å². The van der Waals surface area contributed by atoms with E-state index >= 15 is 0 Å². The summed E-state index contributed by atoms with van der Waals surface area (Å²) in [5.41, 5.74) is 5.10. The van der Waals surface area contributed by atoms with E-state index in [1.807, 2.05) is 12.1 Å². The van der Waals surface area contributed by atoms with Crippen molar-refractivity contribution in [3.8, 4) is 16.9 Å². The number of aryl methyl sites for hydroxylation is 2. The average molecular weight is 577 g/mol. The highest BCUT2D eigenvalue weighted by Crippen LogP contribution is 2.35. The normalized spacial score (nSPS) is 11.7. The summed E-state index contributed by atoms with van der Waals surface area (Å²) in [5, 5.41) is 9.93. The molecule has 0 aromatic heterocycles. The van der Waals surface area contributed by atoms with Crippen LogP contribution in [0.3, 0.4) is 0 Å². The SMILES string of the molecule is CCCCCCCc1ccc(-c2ccc(O)cc2CCC[Si](Br)(Br)Br)cc1. The molecule has 0 fully saturated rings. The van der Waals surface area contributed by atoms with Crippen molar-refractivity contribution in [1.29, 1.82) is 0 Å². The smallest absolute Gasteiger partial charge is 0.267 e. The number of halogens is 3. The van der Waals surface area contributed by atoms with E-state index in [9.17, 15) is 5.11 Å². The second kappa shape index (κ2) is 11.8. The van der Waals surface area contributed by atoms with Crippen LogP contribution in [0.5, 0.6) is 5.75 Å². The minimum Gasteiger partial charge on any atom is -0.508 e. The molecule has 0 bridgehead atoms. The van der Waals surface area contributed by atoms with E-state index in [0.717, 1.165) is 18.9 Å². The molecule has 0 saturated heterocycles. The lowest BCUT2D eigenvalue weighted by Crippen LogP contribution is -2.06. The van der Waals surface area contributed by atoms with E-state index in [4.69, 9.17) is 0 Å². The molecule has 0 heterocycles. The van der Waals surface area contributed by atoms with Crippen molar-refractivity contribution < 1.29 is 5.11 Å². The van der Waals surface area contributed by atoms with Gasteiger partial charge in [-0.05, 0) is 66.1 Å². The van der Waals surface area contributed by atoms with Crippen molar-refractivity contribution in [1.82, 2.24) is 0 Å². The maximum Gasteiger partial charge on any atom is 0.267 e. The Bertz CT molecular complexity index is 696. The van der Waals surface area contributed by atoms with Crippen LogP contribution in [0, 0.1) is 0 Å². The minimum absolute atomic E-state index is 0.345. The van der Waals surface area contributed by atoms with Crippen LogP contribution in [0.25, 0.3) is 11.1 Å². The quantitative estimate of drug-likeness (QED) is 0.161. The van der Waals surface area contributed by atoms with Gasteiger partial charge in [-0.15, -0.1) is 0 Å². The molecule has 2 rings (SSSR count). The van der Waals surface area contributed by atoms with Crippen LogP contribution in [0.15, 0.2) is 42.5 Å². The topological polar surface area (TPSA) is 20.2 Å². The standard InChI is InChI=1S/C22H29Br3OSi/c1-2-3-4-5-6-8-18-10-12-19(13-11-18)22-15-14-21(26)17-20(22)9-7-16-27(23,24)25/h10-15,17,26H,2-9,16H2,1H3. The molecule has 0 spiro atoms. The zero-order chi connectivity index (χ0) is 19.7. The van der Waals surface area contributed by atoms with Crippen molar-refractivity contribution in [3.63, 3.8) is 0 Å². The lowest BCUT2D eigenvalue weighted by Gasteiger charge is -2.13. The van der Waals surface area contributed by atoms with Gasteiger partial charge >= 0.3 is 0 Å². The number of benzene rings is 2. The van der Waals surface area contributed by atoms with Gasteiger partial charge in [-0.1, -0.05) is 109 Å². The molecule has 5 heteroatoms. The van der Waals surface area contributed by atoms with Crippen LogP contribution in [-0.4, -0.2) is 9.04 Å². The number of rotatable bonds is 11. The van der Waals surface area contributed by atoms with Crippen molar-refractivity contribution in [3.05, 3.63) is 53.6 Å². The monoisotopic (exact) mass is 574 g/mol. The average Bonchev–Trinajstić information content (AvgIpc) is 2.61. The van der Waals surface area contributed by atoms with E-state index in [-0.39, 0.29) is 0 Å². The van der Waals surface area contributed by atoms with Crippen molar-refractivity contribution >= 4 is 49.8 Å². The molecule has 0 radical (unpaired) electrons. The number of phenols is 1. The summed E-state index contributed by atoms with van der Waals surface area (Å²) in [6, 6.07) is 15.8. The molecule has 148 valence electrons. The Hall–Kier alpha value is -0.103. The largest absolute Gasteiger partial charge is 0.508 e. The summed E-state index contributed by atoms with van der Waals surface area (Å²) >= 11 is 11.1. The summed E-state index contributed by atoms with van der Waals surface area (Å²) in [4.78, 5) is 0. The molecule has 0 atom stereocenters. The molecule has 27 heavy (non-hydrogen) atoms. The van der Waals surface area contributed by atoms with Gasteiger partial charge in [0.2, 0.25) is 0 Å². The molecule has 0 aliphatic carbocycles. The summed E-state index contributed by atoms with van der Waals surface area (Å²) in [6.07, 6.45) is 9.81. The zero-order valence-electron chi connectivity index (χ0n) is 16.0. The van der Waals surface area contributed by atoms with Gasteiger partial charge in [-0.25, -0.2) is 0 Å². The minimum atomic E-state index is -1.58. The van der Waals surface area contributed by atoms with Crippen LogP contribution in [0.1, 0.15) is 56.6 Å². The van der Waals surface area contributed by atoms with Gasteiger partial charge < -0.3 is 5.11 Å². The second-order valence-corrected chi connectivity index (χ2v) is 30.7. The fraction of sp³-hybridized carbons (Fsp3) is 0.455. The Labute approximate surface area is 188 Å². The Kier molecular flexibility index (Phi) is 10.1. The van der Waals surface area contributed by atoms with Crippen LogP contribution in [0.2, 0.25) is 6.04 Å². The Balaban J connectivity index is 2.02. The number of unbranched alkanes of at least 4 members (excludes halogenated alkanes) is 4. The van der Waals surface area contributed by atoms with Crippen LogP contribution >= 0.6 is 45.9 Å². The van der Waals surface area contributed by atoms with E-state index in [2.05, 4.69) is 77.1 Å². The Morgan fingerprint density at radius 3 is 2.19 bits per heavy atom. The molecule has 0 unspecified atom stereocenters. The Morgan fingerprint density at radius 1 is 0.815 bits per heavy atom. The molecule has 2 aromatic carbocycles. The summed E-state index contributed by atoms with van der Waals surface area (Å²) in [7, 11) is 0. The second-order valence-electron chi connectivity index (χ2n) is 7.17. The van der Waals surface area contributed by atoms with Gasteiger partial charge in [0, 0.05) is 0 Å². The van der Waals surface area contributed by atoms with Gasteiger partial charge in [0.1, 0.15) is 5.75 Å². The Morgan fingerprint density at radius 2 is 1.52 bits per heavy atom. The van der Waals surface area contributed by atoms with Crippen LogP contribution < -0.4 is 0 Å². The first-order valence-electron chi connectivity index (χ1n) is 9.87. The molecule has 2 aromatic rings. The molecular formula is C22H29Br3OSi. The van der Waals surface area contributed by atoms with Gasteiger partial charge in [0.05, 0.1) is 0 Å². The molecule has 0 saturated carbocycles. The molecule has 1 N–H and O–H groups in total. The third-order valence-electron chi connectivity index (χ3n) is 4.83. The summed E-state index contributed by atoms with van der Waals surface area (Å²) < 4.78 is -1.58. The first-order valence-corrected chi connectivity index (χ1v) is 18.8. The van der Waals surface area contributed by atoms with Gasteiger partial charge in [-0.2, -0.15) is 0 Å². The number of hydrogen-bond donors (Lipinski definition) is 1.